The maximum Gasteiger partial charge on any atom is 0.313 e. The first-order valence-corrected chi connectivity index (χ1v) is 16.8. The van der Waals surface area contributed by atoms with Gasteiger partial charge >= 0.3 is 5.97 Å². The first-order valence-electron chi connectivity index (χ1n) is 16.4. The molecule has 2 aromatic carbocycles. The van der Waals surface area contributed by atoms with Crippen molar-refractivity contribution in [1.29, 1.82) is 0 Å². The maximum atomic E-state index is 14.6. The Bertz CT molecular complexity index is 1540. The Kier molecular flexibility index (Phi) is 10.8. The molecular formula is C37H44ClN3O7. The van der Waals surface area contributed by atoms with Crippen LogP contribution < -0.4 is 4.90 Å². The molecule has 0 saturated carbocycles. The zero-order valence-electron chi connectivity index (χ0n) is 27.7. The largest absolute Gasteiger partial charge is 0.455 e. The van der Waals surface area contributed by atoms with E-state index in [1.807, 2.05) is 37.3 Å². The van der Waals surface area contributed by atoms with E-state index in [9.17, 15) is 24.3 Å². The third kappa shape index (κ3) is 6.29. The van der Waals surface area contributed by atoms with Crippen LogP contribution in [-0.2, 0) is 28.7 Å². The number of carbonyl (C=O) groups is 4. The highest BCUT2D eigenvalue weighted by atomic mass is 35.5. The van der Waals surface area contributed by atoms with Crippen LogP contribution in [0.1, 0.15) is 51.2 Å². The molecule has 3 aliphatic rings. The minimum atomic E-state index is -1.30. The van der Waals surface area contributed by atoms with Crippen LogP contribution in [0.25, 0.3) is 0 Å². The molecule has 8 atom stereocenters. The molecule has 0 aromatic heterocycles. The van der Waals surface area contributed by atoms with Crippen molar-refractivity contribution in [2.24, 2.45) is 11.8 Å². The van der Waals surface area contributed by atoms with E-state index in [0.29, 0.717) is 35.5 Å². The zero-order chi connectivity index (χ0) is 34.7. The van der Waals surface area contributed by atoms with Gasteiger partial charge < -0.3 is 29.3 Å². The summed E-state index contributed by atoms with van der Waals surface area (Å²) in [7, 11) is 1.68. The van der Waals surface area contributed by atoms with Crippen LogP contribution in [0.15, 0.2) is 79.9 Å². The van der Waals surface area contributed by atoms with E-state index in [2.05, 4.69) is 13.2 Å². The SMILES string of the molecule is C=CCCC(=O)N(C)[C@@H](C)[C@@H](OC(=O)[C@@H]1[C@H]2C(=O)N([C@H](C)CO)[C@H](C(=O)N(CC=C)c3ccc(Cl)cc3)[C@]23CC[C@H]1O3)c1ccccc1. The lowest BCUT2D eigenvalue weighted by Gasteiger charge is -2.38. The van der Waals surface area contributed by atoms with Crippen LogP contribution in [0, 0.1) is 11.8 Å². The van der Waals surface area contributed by atoms with Gasteiger partial charge in [-0.05, 0) is 62.9 Å². The fourth-order valence-electron chi connectivity index (χ4n) is 7.54. The summed E-state index contributed by atoms with van der Waals surface area (Å²) in [6, 6.07) is 13.6. The highest BCUT2D eigenvalue weighted by molar-refractivity contribution is 6.30. The van der Waals surface area contributed by atoms with E-state index in [1.54, 1.807) is 55.3 Å². The zero-order valence-corrected chi connectivity index (χ0v) is 28.4. The topological polar surface area (TPSA) is 117 Å². The number of benzene rings is 2. The minimum Gasteiger partial charge on any atom is -0.455 e. The maximum absolute atomic E-state index is 14.6. The third-order valence-electron chi connectivity index (χ3n) is 10.1. The molecule has 3 heterocycles. The Morgan fingerprint density at radius 2 is 1.81 bits per heavy atom. The first kappa shape index (κ1) is 35.3. The number of likely N-dealkylation sites (tertiary alicyclic amines) is 1. The lowest BCUT2D eigenvalue weighted by Crippen LogP contribution is -2.58. The normalized spacial score (nSPS) is 25.9. The van der Waals surface area contributed by atoms with Gasteiger partial charge in [0.25, 0.3) is 5.91 Å². The standard InChI is InChI=1S/C37H44ClN3O7/c1-6-8-14-29(43)39(5)24(4)32(25-12-10-9-11-13-25)47-36(46)30-28-19-20-37(48-28)31(30)34(44)41(23(3)22-42)33(37)35(45)40(21-7-2)27-17-15-26(38)16-18-27/h6-7,9-13,15-18,23-24,28,30-33,42H,1-2,8,14,19-22H2,3-5H3/t23-,24+,28-,30+,31+,32-,33-,37+/m1/s1. The number of fused-ring (bicyclic) bond motifs is 1. The van der Waals surface area contributed by atoms with Crippen molar-refractivity contribution in [3.63, 3.8) is 0 Å². The summed E-state index contributed by atoms with van der Waals surface area (Å²) >= 11 is 6.13. The van der Waals surface area contributed by atoms with Crippen LogP contribution in [0.4, 0.5) is 5.69 Å². The number of hydrogen-bond donors (Lipinski definition) is 1. The number of aliphatic hydroxyl groups is 1. The van der Waals surface area contributed by atoms with Crippen LogP contribution in [0.5, 0.6) is 0 Å². The summed E-state index contributed by atoms with van der Waals surface area (Å²) in [6.07, 6.45) is 3.41. The summed E-state index contributed by atoms with van der Waals surface area (Å²) in [4.78, 5) is 60.8. The van der Waals surface area contributed by atoms with Crippen LogP contribution in [0.3, 0.4) is 0 Å². The molecule has 1 N–H and O–H groups in total. The number of ether oxygens (including phenoxy) is 2. The number of likely N-dealkylation sites (N-methyl/N-ethyl adjacent to an activating group) is 1. The van der Waals surface area contributed by atoms with Crippen LogP contribution >= 0.6 is 11.6 Å². The van der Waals surface area contributed by atoms with Gasteiger partial charge in [-0.1, -0.05) is 54.1 Å². The lowest BCUT2D eigenvalue weighted by atomic mass is 9.70. The smallest absolute Gasteiger partial charge is 0.313 e. The molecule has 1 spiro atoms. The molecule has 2 bridgehead atoms. The van der Waals surface area contributed by atoms with Gasteiger partial charge in [-0.15, -0.1) is 13.2 Å². The molecular weight excluding hydrogens is 634 g/mol. The Labute approximate surface area is 286 Å². The summed E-state index contributed by atoms with van der Waals surface area (Å²) in [5.74, 6) is -3.57. The molecule has 5 rings (SSSR count). The number of rotatable bonds is 14. The summed E-state index contributed by atoms with van der Waals surface area (Å²) < 4.78 is 12.9. The number of amides is 3. The molecule has 3 aliphatic heterocycles. The second-order valence-electron chi connectivity index (χ2n) is 12.9. The molecule has 11 heteroatoms. The molecule has 256 valence electrons. The highest BCUT2D eigenvalue weighted by Gasteiger charge is 2.75. The lowest BCUT2D eigenvalue weighted by molar-refractivity contribution is -0.165. The molecule has 0 unspecified atom stereocenters. The van der Waals surface area contributed by atoms with Crippen molar-refractivity contribution in [1.82, 2.24) is 9.80 Å². The fourth-order valence-corrected chi connectivity index (χ4v) is 7.67. The number of nitrogens with zero attached hydrogens (tertiary/aromatic N) is 3. The van der Waals surface area contributed by atoms with E-state index >= 15 is 0 Å². The first-order chi connectivity index (χ1) is 23.0. The number of halogens is 1. The Morgan fingerprint density at radius 3 is 2.44 bits per heavy atom. The number of allylic oxidation sites excluding steroid dienone is 1. The van der Waals surface area contributed by atoms with Crippen molar-refractivity contribution >= 4 is 41.0 Å². The second-order valence-corrected chi connectivity index (χ2v) is 13.3. The monoisotopic (exact) mass is 677 g/mol. The minimum absolute atomic E-state index is 0.118. The number of hydrogen-bond acceptors (Lipinski definition) is 7. The van der Waals surface area contributed by atoms with E-state index in [-0.39, 0.29) is 25.5 Å². The van der Waals surface area contributed by atoms with Gasteiger partial charge in [0.1, 0.15) is 17.7 Å². The summed E-state index contributed by atoms with van der Waals surface area (Å²) in [6.45, 7) is 10.8. The van der Waals surface area contributed by atoms with E-state index in [0.717, 1.165) is 0 Å². The van der Waals surface area contributed by atoms with E-state index in [4.69, 9.17) is 21.1 Å². The van der Waals surface area contributed by atoms with Crippen molar-refractivity contribution in [3.8, 4) is 0 Å². The molecule has 0 radical (unpaired) electrons. The fraction of sp³-hybridized carbons (Fsp3) is 0.459. The third-order valence-corrected chi connectivity index (χ3v) is 10.3. The number of esters is 1. The van der Waals surface area contributed by atoms with Crippen LogP contribution in [-0.4, -0.2) is 88.6 Å². The van der Waals surface area contributed by atoms with Crippen molar-refractivity contribution in [2.75, 3.05) is 25.1 Å². The van der Waals surface area contributed by atoms with Gasteiger partial charge in [0.05, 0.1) is 36.6 Å². The Morgan fingerprint density at radius 1 is 1.12 bits per heavy atom. The van der Waals surface area contributed by atoms with Gasteiger partial charge in [0, 0.05) is 30.7 Å². The Hall–Kier alpha value is -3.99. The molecule has 48 heavy (non-hydrogen) atoms. The van der Waals surface area contributed by atoms with E-state index in [1.165, 1.54) is 9.80 Å². The van der Waals surface area contributed by atoms with Crippen molar-refractivity contribution < 1.29 is 33.8 Å². The van der Waals surface area contributed by atoms with Gasteiger partial charge in [-0.3, -0.25) is 19.2 Å². The van der Waals surface area contributed by atoms with Gasteiger partial charge in [0.2, 0.25) is 11.8 Å². The van der Waals surface area contributed by atoms with Crippen molar-refractivity contribution in [2.45, 2.75) is 75.5 Å². The summed E-state index contributed by atoms with van der Waals surface area (Å²) in [5.41, 5.74) is -0.0450. The predicted octanol–water partition coefficient (Wildman–Crippen LogP) is 4.71. The molecule has 0 aliphatic carbocycles. The Balaban J connectivity index is 1.49. The molecule has 2 aromatic rings. The summed E-state index contributed by atoms with van der Waals surface area (Å²) in [5, 5.41) is 10.7. The predicted molar refractivity (Wildman–Crippen MR) is 182 cm³/mol. The van der Waals surface area contributed by atoms with Gasteiger partial charge in [0.15, 0.2) is 0 Å². The second kappa shape index (κ2) is 14.6. The van der Waals surface area contributed by atoms with Gasteiger partial charge in [-0.25, -0.2) is 0 Å². The molecule has 3 fully saturated rings. The average Bonchev–Trinajstić information content (AvgIpc) is 3.75. The van der Waals surface area contributed by atoms with Crippen LogP contribution in [0.2, 0.25) is 5.02 Å². The quantitative estimate of drug-likeness (QED) is 0.227. The van der Waals surface area contributed by atoms with E-state index < -0.39 is 65.6 Å². The molecule has 10 nitrogen and oxygen atoms in total. The number of anilines is 1. The highest BCUT2D eigenvalue weighted by Crippen LogP contribution is 2.59. The average molecular weight is 678 g/mol. The van der Waals surface area contributed by atoms with Gasteiger partial charge in [-0.2, -0.15) is 0 Å². The van der Waals surface area contributed by atoms with Crippen molar-refractivity contribution in [3.05, 3.63) is 90.5 Å². The molecule has 3 saturated heterocycles. The number of aliphatic hydroxyl groups excluding tert-OH is 1. The number of carbonyl (C=O) groups excluding carboxylic acids is 4. The molecule has 3 amide bonds.